The molecule has 0 aliphatic rings. The molecule has 1 N–H and O–H groups in total. The van der Waals surface area contributed by atoms with E-state index in [9.17, 15) is 0 Å². The summed E-state index contributed by atoms with van der Waals surface area (Å²) >= 11 is 0. The average molecular weight is 183 g/mol. The average Bonchev–Trinajstić information content (AvgIpc) is 2.13. The van der Waals surface area contributed by atoms with E-state index < -0.39 is 0 Å². The van der Waals surface area contributed by atoms with Crippen molar-refractivity contribution >= 4 is 6.08 Å². The molecule has 0 radical (unpaired) electrons. The molecule has 0 aromatic heterocycles. The van der Waals surface area contributed by atoms with Gasteiger partial charge in [0, 0.05) is 0 Å². The molecule has 76 valence electrons. The van der Waals surface area contributed by atoms with Crippen LogP contribution in [0.3, 0.4) is 0 Å². The Kier molecular flexibility index (Phi) is 19.4. The van der Waals surface area contributed by atoms with Crippen molar-refractivity contribution in [3.63, 3.8) is 0 Å². The highest BCUT2D eigenvalue weighted by Crippen LogP contribution is 2.04. The van der Waals surface area contributed by atoms with E-state index in [0.29, 0.717) is 0 Å². The molecule has 0 rings (SSSR count). The van der Waals surface area contributed by atoms with Crippen LogP contribution in [-0.4, -0.2) is 6.08 Å². The number of isocyanates is 1. The van der Waals surface area contributed by atoms with Crippen LogP contribution in [0.5, 0.6) is 0 Å². The number of allylic oxidation sites excluding steroid dienone is 2. The van der Waals surface area contributed by atoms with Crippen molar-refractivity contribution in [2.45, 2.75) is 52.4 Å². The van der Waals surface area contributed by atoms with E-state index in [-0.39, 0.29) is 0 Å². The molecule has 13 heavy (non-hydrogen) atoms. The smallest absolute Gasteiger partial charge is 0.222 e. The minimum absolute atomic E-state index is 0.750. The zero-order valence-electron chi connectivity index (χ0n) is 8.81. The standard InChI is InChI=1S/C10H20.CHNO/c1-3-5-7-9-10-8-6-4-2;2-1-3/h3,5H,4,6-10H2,1-2H3;2H. The maximum absolute atomic E-state index is 8.35. The number of hydrogen-bond donors (Lipinski definition) is 1. The summed E-state index contributed by atoms with van der Waals surface area (Å²) in [7, 11) is 0. The first-order valence-corrected chi connectivity index (χ1v) is 4.98. The lowest BCUT2D eigenvalue weighted by molar-refractivity contribution is 0.563. The molecule has 0 heterocycles. The summed E-state index contributed by atoms with van der Waals surface area (Å²) < 4.78 is 0. The van der Waals surface area contributed by atoms with Crippen molar-refractivity contribution in [2.24, 2.45) is 0 Å². The topological polar surface area (TPSA) is 40.9 Å². The summed E-state index contributed by atoms with van der Waals surface area (Å²) in [6, 6.07) is 0. The molecule has 0 bridgehead atoms. The maximum atomic E-state index is 8.35. The van der Waals surface area contributed by atoms with Crippen LogP contribution >= 0.6 is 0 Å². The number of nitrogens with one attached hydrogen (secondary N) is 1. The van der Waals surface area contributed by atoms with Gasteiger partial charge in [0.1, 0.15) is 0 Å². The highest BCUT2D eigenvalue weighted by Gasteiger charge is 1.84. The highest BCUT2D eigenvalue weighted by atomic mass is 16.1. The lowest BCUT2D eigenvalue weighted by atomic mass is 10.1. The first kappa shape index (κ1) is 14.6. The Morgan fingerprint density at radius 1 is 1.23 bits per heavy atom. The fraction of sp³-hybridized carbons (Fsp3) is 0.727. The molecule has 0 fully saturated rings. The lowest BCUT2D eigenvalue weighted by Gasteiger charge is -1.95. The number of carbonyl (C=O) groups excluding carboxylic acids is 1. The molecule has 0 unspecified atom stereocenters. The quantitative estimate of drug-likeness (QED) is 0.289. The molecule has 0 atom stereocenters. The Hall–Kier alpha value is -0.880. The fourth-order valence-corrected chi connectivity index (χ4v) is 1.03. The van der Waals surface area contributed by atoms with Crippen LogP contribution in [0.25, 0.3) is 0 Å². The molecule has 0 aromatic carbocycles. The minimum Gasteiger partial charge on any atom is -0.222 e. The second-order valence-electron chi connectivity index (χ2n) is 2.87. The maximum Gasteiger partial charge on any atom is 0.231 e. The largest absolute Gasteiger partial charge is 0.231 e. The Bertz CT molecular complexity index is 135. The predicted molar refractivity (Wildman–Crippen MR) is 56.6 cm³/mol. The van der Waals surface area contributed by atoms with Gasteiger partial charge in [-0.2, -0.15) is 0 Å². The molecule has 2 heteroatoms. The predicted octanol–water partition coefficient (Wildman–Crippen LogP) is 3.82. The van der Waals surface area contributed by atoms with E-state index in [0.717, 1.165) is 6.08 Å². The molecule has 0 aliphatic heterocycles. The number of rotatable bonds is 6. The first-order valence-electron chi connectivity index (χ1n) is 4.98. The molecule has 0 saturated carbocycles. The van der Waals surface area contributed by atoms with Crippen LogP contribution < -0.4 is 0 Å². The van der Waals surface area contributed by atoms with Crippen molar-refractivity contribution < 1.29 is 4.79 Å². The van der Waals surface area contributed by atoms with Crippen LogP contribution in [0.4, 0.5) is 0 Å². The third-order valence-electron chi connectivity index (χ3n) is 1.71. The van der Waals surface area contributed by atoms with Crippen LogP contribution in [-0.2, 0) is 4.79 Å². The second-order valence-corrected chi connectivity index (χ2v) is 2.87. The first-order chi connectivity index (χ1) is 6.33. The zero-order valence-corrected chi connectivity index (χ0v) is 8.81. The summed E-state index contributed by atoms with van der Waals surface area (Å²) in [4.78, 5) is 8.35. The van der Waals surface area contributed by atoms with Gasteiger partial charge in [0.05, 0.1) is 0 Å². The molecule has 0 saturated heterocycles. The van der Waals surface area contributed by atoms with Crippen LogP contribution in [0.15, 0.2) is 12.2 Å². The summed E-state index contributed by atoms with van der Waals surface area (Å²) in [5, 5.41) is 5.40. The molecule has 0 spiro atoms. The summed E-state index contributed by atoms with van der Waals surface area (Å²) in [5.41, 5.74) is 0. The minimum atomic E-state index is 0.750. The van der Waals surface area contributed by atoms with Gasteiger partial charge in [-0.15, -0.1) is 0 Å². The fourth-order valence-electron chi connectivity index (χ4n) is 1.03. The van der Waals surface area contributed by atoms with E-state index in [1.54, 1.807) is 0 Å². The third kappa shape index (κ3) is 24.7. The molecular weight excluding hydrogens is 162 g/mol. The van der Waals surface area contributed by atoms with Crippen molar-refractivity contribution in [2.75, 3.05) is 0 Å². The van der Waals surface area contributed by atoms with Crippen molar-refractivity contribution in [3.8, 4) is 0 Å². The Morgan fingerprint density at radius 2 is 1.77 bits per heavy atom. The number of unbranched alkanes of at least 4 members (excludes halogenated alkanes) is 5. The Morgan fingerprint density at radius 3 is 2.23 bits per heavy atom. The Labute approximate surface area is 81.6 Å². The molecule has 0 aromatic rings. The van der Waals surface area contributed by atoms with Gasteiger partial charge in [0.25, 0.3) is 0 Å². The normalized spacial score (nSPS) is 9.08. The van der Waals surface area contributed by atoms with Gasteiger partial charge in [0.15, 0.2) is 0 Å². The van der Waals surface area contributed by atoms with Crippen molar-refractivity contribution in [1.82, 2.24) is 0 Å². The van der Waals surface area contributed by atoms with Crippen molar-refractivity contribution in [3.05, 3.63) is 12.2 Å². The van der Waals surface area contributed by atoms with Gasteiger partial charge in [-0.1, -0.05) is 44.8 Å². The van der Waals surface area contributed by atoms with E-state index in [1.165, 1.54) is 38.5 Å². The van der Waals surface area contributed by atoms with E-state index >= 15 is 0 Å². The number of hydrogen-bond acceptors (Lipinski definition) is 2. The summed E-state index contributed by atoms with van der Waals surface area (Å²) in [6.45, 7) is 4.35. The van der Waals surface area contributed by atoms with E-state index in [1.807, 2.05) is 0 Å². The van der Waals surface area contributed by atoms with Gasteiger partial charge < -0.3 is 0 Å². The summed E-state index contributed by atoms with van der Waals surface area (Å²) in [6.07, 6.45) is 13.4. The SMILES string of the molecule is CC=CCCCCCCC.N=C=O. The van der Waals surface area contributed by atoms with Gasteiger partial charge in [-0.05, 0) is 19.8 Å². The van der Waals surface area contributed by atoms with Gasteiger partial charge in [-0.3, -0.25) is 0 Å². The molecule has 2 nitrogen and oxygen atoms in total. The van der Waals surface area contributed by atoms with Crippen molar-refractivity contribution in [1.29, 1.82) is 5.41 Å². The molecular formula is C11H21NO. The van der Waals surface area contributed by atoms with E-state index in [2.05, 4.69) is 26.0 Å². The zero-order chi connectivity index (χ0) is 10.4. The van der Waals surface area contributed by atoms with Gasteiger partial charge >= 0.3 is 0 Å². The van der Waals surface area contributed by atoms with Crippen LogP contribution in [0, 0.1) is 5.41 Å². The lowest BCUT2D eigenvalue weighted by Crippen LogP contribution is -1.75. The van der Waals surface area contributed by atoms with Gasteiger partial charge in [0.2, 0.25) is 6.08 Å². The molecule has 0 amide bonds. The molecule has 0 aliphatic carbocycles. The van der Waals surface area contributed by atoms with Gasteiger partial charge in [-0.25, -0.2) is 10.2 Å². The Balaban J connectivity index is 0. The monoisotopic (exact) mass is 183 g/mol. The third-order valence-corrected chi connectivity index (χ3v) is 1.71. The van der Waals surface area contributed by atoms with E-state index in [4.69, 9.17) is 10.2 Å². The highest BCUT2D eigenvalue weighted by molar-refractivity contribution is 5.26. The van der Waals surface area contributed by atoms with Crippen LogP contribution in [0.1, 0.15) is 52.4 Å². The van der Waals surface area contributed by atoms with Crippen LogP contribution in [0.2, 0.25) is 0 Å². The second kappa shape index (κ2) is 17.3. The summed E-state index contributed by atoms with van der Waals surface area (Å²) in [5.74, 6) is 0.